The van der Waals surface area contributed by atoms with E-state index in [0.29, 0.717) is 0 Å². The predicted molar refractivity (Wildman–Crippen MR) is 61.6 cm³/mol. The Labute approximate surface area is 108 Å². The molecule has 0 radical (unpaired) electrons. The minimum absolute atomic E-state index is 0.182. The van der Waals surface area contributed by atoms with Crippen molar-refractivity contribution in [1.82, 2.24) is 0 Å². The molecule has 0 bridgehead atoms. The number of ether oxygens (including phenoxy) is 2. The third-order valence-electron chi connectivity index (χ3n) is 2.05. The van der Waals surface area contributed by atoms with Crippen LogP contribution in [-0.4, -0.2) is 19.6 Å². The van der Waals surface area contributed by atoms with Gasteiger partial charge < -0.3 is 15.2 Å². The molecule has 1 unspecified atom stereocenters. The van der Waals surface area contributed by atoms with Gasteiger partial charge in [-0.2, -0.15) is 13.2 Å². The van der Waals surface area contributed by atoms with E-state index in [-0.39, 0.29) is 16.8 Å². The van der Waals surface area contributed by atoms with Gasteiger partial charge in [0.15, 0.2) is 6.79 Å². The third-order valence-corrected chi connectivity index (χ3v) is 2.34. The molecule has 0 aliphatic carbocycles. The van der Waals surface area contributed by atoms with Gasteiger partial charge in [0.1, 0.15) is 12.4 Å². The van der Waals surface area contributed by atoms with Crippen molar-refractivity contribution in [2.24, 2.45) is 5.73 Å². The van der Waals surface area contributed by atoms with Crippen LogP contribution in [0.4, 0.5) is 13.2 Å². The van der Waals surface area contributed by atoms with Gasteiger partial charge in [-0.3, -0.25) is 0 Å². The number of rotatable bonds is 5. The molecular formula is C11H13ClF3NO2. The number of hydrogen-bond acceptors (Lipinski definition) is 3. The van der Waals surface area contributed by atoms with E-state index in [1.807, 2.05) is 0 Å². The van der Waals surface area contributed by atoms with E-state index in [1.165, 1.54) is 6.07 Å². The quantitative estimate of drug-likeness (QED) is 0.666. The average molecular weight is 284 g/mol. The highest BCUT2D eigenvalue weighted by Gasteiger charge is 2.27. The van der Waals surface area contributed by atoms with E-state index in [1.54, 1.807) is 19.1 Å². The molecule has 102 valence electrons. The Bertz CT molecular complexity index is 396. The topological polar surface area (TPSA) is 44.5 Å². The van der Waals surface area contributed by atoms with Crippen LogP contribution in [0.1, 0.15) is 18.5 Å². The van der Waals surface area contributed by atoms with Gasteiger partial charge in [-0.05, 0) is 24.6 Å². The molecule has 0 aromatic heterocycles. The summed E-state index contributed by atoms with van der Waals surface area (Å²) in [7, 11) is 0. The lowest BCUT2D eigenvalue weighted by molar-refractivity contribution is -0.186. The first-order valence-corrected chi connectivity index (χ1v) is 5.49. The van der Waals surface area contributed by atoms with Crippen LogP contribution in [0.15, 0.2) is 18.2 Å². The highest BCUT2D eigenvalue weighted by atomic mass is 35.5. The molecule has 1 aromatic rings. The number of halogens is 4. The van der Waals surface area contributed by atoms with Crippen LogP contribution in [0.3, 0.4) is 0 Å². The molecule has 0 heterocycles. The van der Waals surface area contributed by atoms with Crippen LogP contribution in [-0.2, 0) is 4.74 Å². The van der Waals surface area contributed by atoms with E-state index in [2.05, 4.69) is 4.74 Å². The molecule has 0 amide bonds. The minimum Gasteiger partial charge on any atom is -0.466 e. The van der Waals surface area contributed by atoms with Crippen LogP contribution in [0.25, 0.3) is 0 Å². The molecule has 0 aliphatic rings. The Morgan fingerprint density at radius 3 is 2.56 bits per heavy atom. The average Bonchev–Trinajstić information content (AvgIpc) is 2.24. The third kappa shape index (κ3) is 5.12. The van der Waals surface area contributed by atoms with Gasteiger partial charge in [-0.15, -0.1) is 0 Å². The maximum Gasteiger partial charge on any atom is 0.411 e. The van der Waals surface area contributed by atoms with Crippen molar-refractivity contribution < 1.29 is 22.6 Å². The summed E-state index contributed by atoms with van der Waals surface area (Å²) in [6.45, 7) is -0.0854. The molecule has 0 aliphatic heterocycles. The maximum atomic E-state index is 11.8. The smallest absolute Gasteiger partial charge is 0.411 e. The van der Waals surface area contributed by atoms with Crippen LogP contribution >= 0.6 is 11.6 Å². The molecule has 1 rings (SSSR count). The minimum atomic E-state index is -4.37. The summed E-state index contributed by atoms with van der Waals surface area (Å²) in [6.07, 6.45) is -4.37. The normalized spacial score (nSPS) is 13.4. The van der Waals surface area contributed by atoms with Gasteiger partial charge in [0.05, 0.1) is 5.02 Å². The molecule has 0 saturated heterocycles. The zero-order valence-corrected chi connectivity index (χ0v) is 10.4. The fourth-order valence-corrected chi connectivity index (χ4v) is 1.42. The van der Waals surface area contributed by atoms with Crippen LogP contribution in [0, 0.1) is 0 Å². The molecule has 1 aromatic carbocycles. The Hall–Kier alpha value is -0.980. The summed E-state index contributed by atoms with van der Waals surface area (Å²) < 4.78 is 44.6. The van der Waals surface area contributed by atoms with E-state index >= 15 is 0 Å². The first-order chi connectivity index (χ1) is 8.29. The maximum absolute atomic E-state index is 11.8. The highest BCUT2D eigenvalue weighted by Crippen LogP contribution is 2.27. The molecule has 18 heavy (non-hydrogen) atoms. The zero-order chi connectivity index (χ0) is 13.8. The standard InChI is InChI=1S/C11H13ClF3NO2/c1-7(16)8-2-3-10(9(12)4-8)18-6-17-5-11(13,14)15/h2-4,7H,5-6,16H2,1H3. The lowest BCUT2D eigenvalue weighted by Crippen LogP contribution is -2.19. The van der Waals surface area contributed by atoms with E-state index in [4.69, 9.17) is 22.1 Å². The van der Waals surface area contributed by atoms with Gasteiger partial charge in [0.25, 0.3) is 0 Å². The second-order valence-corrected chi connectivity index (χ2v) is 4.11. The Morgan fingerprint density at radius 1 is 1.39 bits per heavy atom. The first kappa shape index (κ1) is 15.1. The van der Waals surface area contributed by atoms with Crippen molar-refractivity contribution >= 4 is 11.6 Å². The van der Waals surface area contributed by atoms with Crippen molar-refractivity contribution in [1.29, 1.82) is 0 Å². The lowest BCUT2D eigenvalue weighted by atomic mass is 10.1. The number of hydrogen-bond donors (Lipinski definition) is 1. The largest absolute Gasteiger partial charge is 0.466 e. The summed E-state index contributed by atoms with van der Waals surface area (Å²) in [5.41, 5.74) is 6.46. The summed E-state index contributed by atoms with van der Waals surface area (Å²) in [5.74, 6) is 0.253. The summed E-state index contributed by atoms with van der Waals surface area (Å²) in [4.78, 5) is 0. The van der Waals surface area contributed by atoms with Gasteiger partial charge in [0.2, 0.25) is 0 Å². The lowest BCUT2D eigenvalue weighted by Gasteiger charge is -2.12. The Morgan fingerprint density at radius 2 is 2.06 bits per heavy atom. The molecule has 0 saturated carbocycles. The first-order valence-electron chi connectivity index (χ1n) is 5.12. The predicted octanol–water partition coefficient (Wildman–Crippen LogP) is 3.27. The SMILES string of the molecule is CC(N)c1ccc(OCOCC(F)(F)F)c(Cl)c1. The second-order valence-electron chi connectivity index (χ2n) is 3.70. The molecule has 2 N–H and O–H groups in total. The van der Waals surface area contributed by atoms with E-state index in [9.17, 15) is 13.2 Å². The van der Waals surface area contributed by atoms with Gasteiger partial charge in [-0.1, -0.05) is 17.7 Å². The summed E-state index contributed by atoms with van der Waals surface area (Å²) in [6, 6.07) is 4.65. The summed E-state index contributed by atoms with van der Waals surface area (Å²) >= 11 is 5.88. The van der Waals surface area contributed by atoms with Crippen molar-refractivity contribution in [2.75, 3.05) is 13.4 Å². The molecule has 3 nitrogen and oxygen atoms in total. The van der Waals surface area contributed by atoms with Crippen molar-refractivity contribution in [3.8, 4) is 5.75 Å². The fourth-order valence-electron chi connectivity index (χ4n) is 1.18. The molecule has 0 fully saturated rings. The number of nitrogens with two attached hydrogens (primary N) is 1. The highest BCUT2D eigenvalue weighted by molar-refractivity contribution is 6.32. The monoisotopic (exact) mass is 283 g/mol. The Kier molecular flexibility index (Phi) is 5.25. The van der Waals surface area contributed by atoms with Crippen LogP contribution < -0.4 is 10.5 Å². The van der Waals surface area contributed by atoms with Crippen LogP contribution in [0.5, 0.6) is 5.75 Å². The number of alkyl halides is 3. The van der Waals surface area contributed by atoms with E-state index < -0.39 is 19.6 Å². The van der Waals surface area contributed by atoms with E-state index in [0.717, 1.165) is 5.56 Å². The molecule has 7 heteroatoms. The molecule has 1 atom stereocenters. The molecule has 0 spiro atoms. The van der Waals surface area contributed by atoms with Crippen molar-refractivity contribution in [3.05, 3.63) is 28.8 Å². The summed E-state index contributed by atoms with van der Waals surface area (Å²) in [5, 5.41) is 0.278. The zero-order valence-electron chi connectivity index (χ0n) is 9.63. The fraction of sp³-hybridized carbons (Fsp3) is 0.455. The van der Waals surface area contributed by atoms with Gasteiger partial charge in [0, 0.05) is 6.04 Å². The van der Waals surface area contributed by atoms with Crippen molar-refractivity contribution in [3.63, 3.8) is 0 Å². The van der Waals surface area contributed by atoms with Crippen LogP contribution in [0.2, 0.25) is 5.02 Å². The number of benzene rings is 1. The van der Waals surface area contributed by atoms with Gasteiger partial charge >= 0.3 is 6.18 Å². The molecular weight excluding hydrogens is 271 g/mol. The van der Waals surface area contributed by atoms with Crippen molar-refractivity contribution in [2.45, 2.75) is 19.1 Å². The Balaban J connectivity index is 2.48. The van der Waals surface area contributed by atoms with Gasteiger partial charge in [-0.25, -0.2) is 0 Å². The second kappa shape index (κ2) is 6.26.